The van der Waals surface area contributed by atoms with E-state index < -0.39 is 0 Å². The molecule has 1 aromatic carbocycles. The van der Waals surface area contributed by atoms with Gasteiger partial charge in [0.1, 0.15) is 5.75 Å². The van der Waals surface area contributed by atoms with Crippen LogP contribution in [0.4, 0.5) is 0 Å². The fourth-order valence-electron chi connectivity index (χ4n) is 2.30. The number of aliphatic imine (C=N–C) groups is 1. The summed E-state index contributed by atoms with van der Waals surface area (Å²) in [6, 6.07) is 6.17. The average molecular weight is 361 g/mol. The first-order valence-electron chi connectivity index (χ1n) is 8.57. The molecule has 0 aliphatic carbocycles. The highest BCUT2D eigenvalue weighted by molar-refractivity contribution is 5.79. The van der Waals surface area contributed by atoms with Crippen LogP contribution >= 0.6 is 0 Å². The van der Waals surface area contributed by atoms with Crippen LogP contribution in [-0.4, -0.2) is 43.5 Å². The summed E-state index contributed by atoms with van der Waals surface area (Å²) in [6.07, 6.45) is 0.851. The van der Waals surface area contributed by atoms with Crippen LogP contribution in [-0.2, 0) is 17.8 Å². The number of benzene rings is 1. The van der Waals surface area contributed by atoms with E-state index >= 15 is 0 Å². The zero-order valence-corrected chi connectivity index (χ0v) is 15.8. The lowest BCUT2D eigenvalue weighted by molar-refractivity contribution is 0.171. The number of methoxy groups -OCH3 is 1. The van der Waals surface area contributed by atoms with Crippen LogP contribution in [0.5, 0.6) is 5.75 Å². The van der Waals surface area contributed by atoms with Gasteiger partial charge in [0.15, 0.2) is 11.8 Å². The first-order valence-corrected chi connectivity index (χ1v) is 8.57. The van der Waals surface area contributed by atoms with Gasteiger partial charge in [0.25, 0.3) is 0 Å². The molecule has 0 fully saturated rings. The average Bonchev–Trinajstić information content (AvgIpc) is 3.05. The molecule has 0 aliphatic heterocycles. The van der Waals surface area contributed by atoms with Crippen LogP contribution < -0.4 is 15.4 Å². The molecule has 2 N–H and O–H groups in total. The maximum atomic E-state index is 5.90. The van der Waals surface area contributed by atoms with Gasteiger partial charge < -0.3 is 24.6 Å². The minimum Gasteiger partial charge on any atom is -0.493 e. The number of guanidine groups is 1. The van der Waals surface area contributed by atoms with Gasteiger partial charge in [-0.1, -0.05) is 17.3 Å². The normalized spacial score (nSPS) is 11.5. The number of hydrogen-bond donors (Lipinski definition) is 2. The van der Waals surface area contributed by atoms with E-state index in [4.69, 9.17) is 14.0 Å². The molecule has 142 valence electrons. The number of ether oxygens (including phenoxy) is 2. The first kappa shape index (κ1) is 19.7. The number of aromatic nitrogens is 2. The van der Waals surface area contributed by atoms with Gasteiger partial charge in [-0.2, -0.15) is 4.98 Å². The van der Waals surface area contributed by atoms with Gasteiger partial charge in [-0.3, -0.25) is 4.99 Å². The summed E-state index contributed by atoms with van der Waals surface area (Å²) in [5.41, 5.74) is 2.22. The van der Waals surface area contributed by atoms with E-state index in [0.29, 0.717) is 44.0 Å². The highest BCUT2D eigenvalue weighted by atomic mass is 16.5. The van der Waals surface area contributed by atoms with E-state index in [1.807, 2.05) is 13.0 Å². The Morgan fingerprint density at radius 3 is 2.69 bits per heavy atom. The molecule has 0 spiro atoms. The zero-order chi connectivity index (χ0) is 18.8. The molecule has 2 aromatic rings. The zero-order valence-electron chi connectivity index (χ0n) is 15.8. The molecule has 8 heteroatoms. The Morgan fingerprint density at radius 1 is 1.19 bits per heavy atom. The van der Waals surface area contributed by atoms with Crippen LogP contribution in [0.1, 0.15) is 29.3 Å². The first-order chi connectivity index (χ1) is 12.6. The Labute approximate surface area is 154 Å². The topological polar surface area (TPSA) is 93.8 Å². The van der Waals surface area contributed by atoms with E-state index in [9.17, 15) is 0 Å². The highest BCUT2D eigenvalue weighted by Gasteiger charge is 2.07. The van der Waals surface area contributed by atoms with Gasteiger partial charge >= 0.3 is 0 Å². The monoisotopic (exact) mass is 361 g/mol. The molecule has 0 aliphatic rings. The van der Waals surface area contributed by atoms with Crippen molar-refractivity contribution >= 4 is 5.96 Å². The van der Waals surface area contributed by atoms with Crippen molar-refractivity contribution in [3.63, 3.8) is 0 Å². The van der Waals surface area contributed by atoms with E-state index in [0.717, 1.165) is 23.3 Å². The summed E-state index contributed by atoms with van der Waals surface area (Å²) in [7, 11) is 3.40. The minimum absolute atomic E-state index is 0.411. The van der Waals surface area contributed by atoms with Gasteiger partial charge in [0, 0.05) is 39.3 Å². The Kier molecular flexibility index (Phi) is 7.88. The number of hydrogen-bond acceptors (Lipinski definition) is 6. The third-order valence-electron chi connectivity index (χ3n) is 3.62. The quantitative estimate of drug-likeness (QED) is 0.401. The third kappa shape index (κ3) is 6.36. The van der Waals surface area contributed by atoms with Crippen molar-refractivity contribution < 1.29 is 14.0 Å². The third-order valence-corrected chi connectivity index (χ3v) is 3.62. The van der Waals surface area contributed by atoms with Crippen LogP contribution in [0.2, 0.25) is 0 Å². The van der Waals surface area contributed by atoms with Crippen molar-refractivity contribution in [2.75, 3.05) is 27.4 Å². The van der Waals surface area contributed by atoms with Crippen LogP contribution in [0, 0.1) is 13.8 Å². The Hall–Kier alpha value is -2.61. The van der Waals surface area contributed by atoms with Crippen molar-refractivity contribution in [2.45, 2.75) is 33.4 Å². The maximum Gasteiger partial charge on any atom is 0.246 e. The van der Waals surface area contributed by atoms with Crippen molar-refractivity contribution in [3.8, 4) is 5.75 Å². The van der Waals surface area contributed by atoms with Crippen molar-refractivity contribution in [1.82, 2.24) is 20.8 Å². The Balaban J connectivity index is 1.89. The van der Waals surface area contributed by atoms with E-state index in [1.54, 1.807) is 21.1 Å². The van der Waals surface area contributed by atoms with Gasteiger partial charge in [0.05, 0.1) is 13.2 Å². The molecule has 26 heavy (non-hydrogen) atoms. The van der Waals surface area contributed by atoms with Gasteiger partial charge in [-0.05, 0) is 25.5 Å². The summed E-state index contributed by atoms with van der Waals surface area (Å²) < 4.78 is 16.0. The maximum absolute atomic E-state index is 5.90. The summed E-state index contributed by atoms with van der Waals surface area (Å²) in [4.78, 5) is 8.36. The molecule has 0 bridgehead atoms. The number of aryl methyl sites for hydroxylation is 2. The SMILES string of the molecule is CN=C(NCc1nc(C)no1)NCc1ccc(C)cc1OCCCOC. The Morgan fingerprint density at radius 2 is 2.00 bits per heavy atom. The largest absolute Gasteiger partial charge is 0.493 e. The summed E-state index contributed by atoms with van der Waals surface area (Å²) in [5, 5.41) is 10.2. The lowest BCUT2D eigenvalue weighted by Crippen LogP contribution is -2.36. The van der Waals surface area contributed by atoms with Crippen molar-refractivity contribution in [1.29, 1.82) is 0 Å². The van der Waals surface area contributed by atoms with E-state index in [-0.39, 0.29) is 0 Å². The summed E-state index contributed by atoms with van der Waals surface area (Å²) in [5.74, 6) is 2.64. The number of nitrogens with zero attached hydrogens (tertiary/aromatic N) is 3. The predicted octanol–water partition coefficient (Wildman–Crippen LogP) is 1.97. The molecule has 1 aromatic heterocycles. The second kappa shape index (κ2) is 10.4. The van der Waals surface area contributed by atoms with Gasteiger partial charge in [0.2, 0.25) is 5.89 Å². The molecule has 0 atom stereocenters. The van der Waals surface area contributed by atoms with E-state index in [1.165, 1.54) is 0 Å². The predicted molar refractivity (Wildman–Crippen MR) is 99.2 cm³/mol. The molecule has 0 amide bonds. The molecular formula is C18H27N5O3. The van der Waals surface area contributed by atoms with E-state index in [2.05, 4.69) is 37.9 Å². The number of nitrogens with one attached hydrogen (secondary N) is 2. The second-order valence-corrected chi connectivity index (χ2v) is 5.82. The minimum atomic E-state index is 0.411. The number of rotatable bonds is 9. The van der Waals surface area contributed by atoms with Crippen molar-refractivity contribution in [2.24, 2.45) is 4.99 Å². The van der Waals surface area contributed by atoms with Crippen LogP contribution in [0.3, 0.4) is 0 Å². The van der Waals surface area contributed by atoms with Crippen LogP contribution in [0.25, 0.3) is 0 Å². The fourth-order valence-corrected chi connectivity index (χ4v) is 2.30. The molecule has 0 unspecified atom stereocenters. The van der Waals surface area contributed by atoms with Crippen LogP contribution in [0.15, 0.2) is 27.7 Å². The molecule has 0 saturated heterocycles. The second-order valence-electron chi connectivity index (χ2n) is 5.82. The molecule has 1 heterocycles. The standard InChI is InChI=1S/C18H27N5O3/c1-13-6-7-15(16(10-13)25-9-5-8-24-4)11-20-18(19-3)21-12-17-22-14(2)23-26-17/h6-7,10H,5,8-9,11-12H2,1-4H3,(H2,19,20,21). The molecule has 0 saturated carbocycles. The smallest absolute Gasteiger partial charge is 0.246 e. The highest BCUT2D eigenvalue weighted by Crippen LogP contribution is 2.20. The molecular weight excluding hydrogens is 334 g/mol. The molecule has 8 nitrogen and oxygen atoms in total. The van der Waals surface area contributed by atoms with Gasteiger partial charge in [-0.25, -0.2) is 0 Å². The lowest BCUT2D eigenvalue weighted by Gasteiger charge is -2.15. The lowest BCUT2D eigenvalue weighted by atomic mass is 10.1. The Bertz CT molecular complexity index is 715. The van der Waals surface area contributed by atoms with Gasteiger partial charge in [-0.15, -0.1) is 0 Å². The summed E-state index contributed by atoms with van der Waals surface area (Å²) >= 11 is 0. The molecule has 2 rings (SSSR count). The summed E-state index contributed by atoms with van der Waals surface area (Å²) in [6.45, 7) is 6.13. The van der Waals surface area contributed by atoms with Crippen molar-refractivity contribution in [3.05, 3.63) is 41.0 Å². The fraction of sp³-hybridized carbons (Fsp3) is 0.500. The molecule has 0 radical (unpaired) electrons.